The Morgan fingerprint density at radius 3 is 2.57 bits per heavy atom. The van der Waals surface area contributed by atoms with E-state index in [2.05, 4.69) is 17.5 Å². The molecular weight excluding hydrogens is 276 g/mol. The van der Waals surface area contributed by atoms with Crippen LogP contribution in [0.5, 0.6) is 5.88 Å². The molecule has 0 atom stereocenters. The molecule has 0 saturated heterocycles. The summed E-state index contributed by atoms with van der Waals surface area (Å²) in [5.74, 6) is -0.840. The maximum absolute atomic E-state index is 11.6. The number of carbonyl (C=O) groups excluding carboxylic acids is 1. The predicted octanol–water partition coefficient (Wildman–Crippen LogP) is 0.579. The Labute approximate surface area is 121 Å². The van der Waals surface area contributed by atoms with Crippen LogP contribution < -0.4 is 16.7 Å². The highest BCUT2D eigenvalue weighted by molar-refractivity contribution is 6.00. The molecule has 0 bridgehead atoms. The van der Waals surface area contributed by atoms with Gasteiger partial charge in [0.2, 0.25) is 11.8 Å². The maximum Gasteiger partial charge on any atom is 0.328 e. The Bertz CT molecular complexity index is 630. The largest absolute Gasteiger partial charge is 0.494 e. The number of nitrogens with one attached hydrogen (secondary N) is 3. The predicted molar refractivity (Wildman–Crippen MR) is 78.5 cm³/mol. The molecular formula is C13H20N4O4. The Morgan fingerprint density at radius 1 is 1.24 bits per heavy atom. The first kappa shape index (κ1) is 16.7. The van der Waals surface area contributed by atoms with Crippen molar-refractivity contribution in [3.05, 3.63) is 26.4 Å². The highest BCUT2D eigenvalue weighted by Crippen LogP contribution is 2.06. The van der Waals surface area contributed by atoms with Crippen LogP contribution in [0.1, 0.15) is 51.5 Å². The lowest BCUT2D eigenvalue weighted by molar-refractivity contribution is -0.121. The van der Waals surface area contributed by atoms with Crippen molar-refractivity contribution in [2.45, 2.75) is 46.0 Å². The second-order valence-corrected chi connectivity index (χ2v) is 4.67. The lowest BCUT2D eigenvalue weighted by Gasteiger charge is -2.03. The fourth-order valence-corrected chi connectivity index (χ4v) is 1.78. The number of hydrogen-bond donors (Lipinski definition) is 4. The normalized spacial score (nSPS) is 11.4. The van der Waals surface area contributed by atoms with Gasteiger partial charge in [-0.25, -0.2) is 10.2 Å². The molecule has 1 rings (SSSR count). The summed E-state index contributed by atoms with van der Waals surface area (Å²) in [6, 6.07) is 0. The van der Waals surface area contributed by atoms with Gasteiger partial charge >= 0.3 is 5.69 Å². The Balaban J connectivity index is 2.67. The van der Waals surface area contributed by atoms with Gasteiger partial charge in [-0.2, -0.15) is 5.10 Å². The second kappa shape index (κ2) is 8.03. The summed E-state index contributed by atoms with van der Waals surface area (Å²) >= 11 is 0. The monoisotopic (exact) mass is 296 g/mol. The van der Waals surface area contributed by atoms with E-state index >= 15 is 0 Å². The van der Waals surface area contributed by atoms with Crippen LogP contribution in [0.15, 0.2) is 14.7 Å². The van der Waals surface area contributed by atoms with Crippen LogP contribution in [0.25, 0.3) is 0 Å². The maximum atomic E-state index is 11.6. The molecule has 0 aromatic carbocycles. The van der Waals surface area contributed by atoms with E-state index in [1.165, 1.54) is 6.92 Å². The van der Waals surface area contributed by atoms with Gasteiger partial charge in [-0.05, 0) is 13.3 Å². The molecule has 0 fully saturated rings. The molecule has 8 heteroatoms. The molecule has 0 aliphatic rings. The molecule has 1 amide bonds. The minimum atomic E-state index is -0.811. The minimum Gasteiger partial charge on any atom is -0.494 e. The van der Waals surface area contributed by atoms with Gasteiger partial charge in [-0.1, -0.05) is 26.2 Å². The first-order valence-corrected chi connectivity index (χ1v) is 6.84. The van der Waals surface area contributed by atoms with Crippen LogP contribution in [0.3, 0.4) is 0 Å². The number of amides is 1. The number of nitrogens with zero attached hydrogens (tertiary/aromatic N) is 1. The van der Waals surface area contributed by atoms with Crippen LogP contribution in [-0.2, 0) is 4.79 Å². The fourth-order valence-electron chi connectivity index (χ4n) is 1.78. The van der Waals surface area contributed by atoms with Gasteiger partial charge in [0.25, 0.3) is 5.56 Å². The molecule has 21 heavy (non-hydrogen) atoms. The fraction of sp³-hybridized carbons (Fsp3) is 0.538. The molecule has 0 spiro atoms. The van der Waals surface area contributed by atoms with Crippen LogP contribution >= 0.6 is 0 Å². The van der Waals surface area contributed by atoms with Crippen LogP contribution in [0.4, 0.5) is 0 Å². The summed E-state index contributed by atoms with van der Waals surface area (Å²) in [4.78, 5) is 38.1. The SMILES string of the molecule is CCCCCCC(=O)N/N=C(\C)c1c(O)[nH]c(=O)[nH]c1=O. The summed E-state index contributed by atoms with van der Waals surface area (Å²) in [5.41, 5.74) is 0.664. The number of carbonyl (C=O) groups is 1. The third-order valence-corrected chi connectivity index (χ3v) is 2.89. The number of aromatic nitrogens is 2. The van der Waals surface area contributed by atoms with E-state index in [1.807, 2.05) is 9.97 Å². The van der Waals surface area contributed by atoms with Crippen molar-refractivity contribution in [1.29, 1.82) is 0 Å². The van der Waals surface area contributed by atoms with Crippen LogP contribution in [-0.4, -0.2) is 26.7 Å². The standard InChI is InChI=1S/C13H20N4O4/c1-3-4-5-6-7-9(18)17-16-8(2)10-11(19)14-13(21)15-12(10)20/h3-7H2,1-2H3,(H,17,18)(H3,14,15,19,20,21)/b16-8+. The summed E-state index contributed by atoms with van der Waals surface area (Å²) in [7, 11) is 0. The van der Waals surface area contributed by atoms with E-state index in [4.69, 9.17) is 0 Å². The Hall–Kier alpha value is -2.38. The van der Waals surface area contributed by atoms with E-state index in [9.17, 15) is 19.5 Å². The summed E-state index contributed by atoms with van der Waals surface area (Å²) in [6.45, 7) is 3.53. The number of rotatable bonds is 7. The van der Waals surface area contributed by atoms with Crippen molar-refractivity contribution in [2.75, 3.05) is 0 Å². The van der Waals surface area contributed by atoms with Crippen LogP contribution in [0.2, 0.25) is 0 Å². The van der Waals surface area contributed by atoms with Gasteiger partial charge in [0.1, 0.15) is 5.56 Å². The molecule has 0 aliphatic heterocycles. The molecule has 116 valence electrons. The summed E-state index contributed by atoms with van der Waals surface area (Å²) in [5, 5.41) is 13.3. The second-order valence-electron chi connectivity index (χ2n) is 4.67. The van der Waals surface area contributed by atoms with Gasteiger partial charge in [-0.15, -0.1) is 0 Å². The number of H-pyrrole nitrogens is 2. The van der Waals surface area contributed by atoms with Crippen molar-refractivity contribution in [1.82, 2.24) is 15.4 Å². The van der Waals surface area contributed by atoms with Gasteiger partial charge < -0.3 is 5.11 Å². The molecule has 1 aromatic heterocycles. The van der Waals surface area contributed by atoms with Gasteiger partial charge in [0.05, 0.1) is 5.71 Å². The van der Waals surface area contributed by atoms with Crippen molar-refractivity contribution in [2.24, 2.45) is 5.10 Å². The van der Waals surface area contributed by atoms with Gasteiger partial charge in [0.15, 0.2) is 0 Å². The van der Waals surface area contributed by atoms with E-state index in [1.54, 1.807) is 0 Å². The number of aromatic hydroxyl groups is 1. The quantitative estimate of drug-likeness (QED) is 0.333. The van der Waals surface area contributed by atoms with Crippen molar-refractivity contribution in [3.63, 3.8) is 0 Å². The summed E-state index contributed by atoms with van der Waals surface area (Å²) < 4.78 is 0. The topological polar surface area (TPSA) is 127 Å². The Morgan fingerprint density at radius 2 is 1.95 bits per heavy atom. The zero-order valence-corrected chi connectivity index (χ0v) is 12.2. The first-order chi connectivity index (χ1) is 9.95. The highest BCUT2D eigenvalue weighted by Gasteiger charge is 2.12. The molecule has 1 heterocycles. The van der Waals surface area contributed by atoms with Crippen molar-refractivity contribution in [3.8, 4) is 5.88 Å². The minimum absolute atomic E-state index is 0.104. The molecule has 8 nitrogen and oxygen atoms in total. The average Bonchev–Trinajstić information content (AvgIpc) is 2.40. The van der Waals surface area contributed by atoms with E-state index in [-0.39, 0.29) is 17.2 Å². The molecule has 0 aliphatic carbocycles. The number of hydrazone groups is 1. The number of unbranched alkanes of at least 4 members (excludes halogenated alkanes) is 3. The molecule has 4 N–H and O–H groups in total. The van der Waals surface area contributed by atoms with Crippen molar-refractivity contribution >= 4 is 11.6 Å². The van der Waals surface area contributed by atoms with Crippen LogP contribution in [0, 0.1) is 0 Å². The zero-order chi connectivity index (χ0) is 15.8. The molecule has 1 aromatic rings. The summed E-state index contributed by atoms with van der Waals surface area (Å²) in [6.07, 6.45) is 4.28. The number of hydrogen-bond acceptors (Lipinski definition) is 5. The van der Waals surface area contributed by atoms with E-state index < -0.39 is 17.1 Å². The smallest absolute Gasteiger partial charge is 0.328 e. The lowest BCUT2D eigenvalue weighted by atomic mass is 10.1. The molecule has 0 saturated carbocycles. The van der Waals surface area contributed by atoms with Gasteiger partial charge in [0, 0.05) is 6.42 Å². The highest BCUT2D eigenvalue weighted by atomic mass is 16.3. The third-order valence-electron chi connectivity index (χ3n) is 2.89. The van der Waals surface area contributed by atoms with E-state index in [0.29, 0.717) is 6.42 Å². The zero-order valence-electron chi connectivity index (χ0n) is 12.2. The Kier molecular flexibility index (Phi) is 6.38. The first-order valence-electron chi connectivity index (χ1n) is 6.84. The van der Waals surface area contributed by atoms with Crippen molar-refractivity contribution < 1.29 is 9.90 Å². The van der Waals surface area contributed by atoms with Gasteiger partial charge in [-0.3, -0.25) is 19.6 Å². The third kappa shape index (κ3) is 5.25. The van der Waals surface area contributed by atoms with E-state index in [0.717, 1.165) is 25.7 Å². The molecule has 0 unspecified atom stereocenters. The average molecular weight is 296 g/mol. The number of aromatic amines is 2. The molecule has 0 radical (unpaired) electrons. The lowest BCUT2D eigenvalue weighted by Crippen LogP contribution is -2.28.